The predicted molar refractivity (Wildman–Crippen MR) is 165 cm³/mol. The normalized spacial score (nSPS) is 20.2. The third kappa shape index (κ3) is 6.27. The number of nitrogen functional groups attached to an aromatic ring is 1. The van der Waals surface area contributed by atoms with E-state index in [9.17, 15) is 28.1 Å². The molecule has 0 spiro atoms. The molecular formula is C32H33F4N9O2. The molecule has 2 N–H and O–H groups in total. The van der Waals surface area contributed by atoms with E-state index in [-0.39, 0.29) is 60.3 Å². The van der Waals surface area contributed by atoms with E-state index in [4.69, 9.17) is 20.2 Å². The van der Waals surface area contributed by atoms with E-state index in [1.54, 1.807) is 11.0 Å². The van der Waals surface area contributed by atoms with Gasteiger partial charge in [-0.25, -0.2) is 9.37 Å². The van der Waals surface area contributed by atoms with Gasteiger partial charge in [0.25, 0.3) is 0 Å². The third-order valence-electron chi connectivity index (χ3n) is 8.88. The maximum absolute atomic E-state index is 14.5. The van der Waals surface area contributed by atoms with E-state index >= 15 is 0 Å². The fourth-order valence-corrected chi connectivity index (χ4v) is 6.67. The summed E-state index contributed by atoms with van der Waals surface area (Å²) < 4.78 is 69.5. The summed E-state index contributed by atoms with van der Waals surface area (Å²) in [5, 5.41) is 19.6. The van der Waals surface area contributed by atoms with Crippen molar-refractivity contribution in [1.29, 1.82) is 10.5 Å². The molecule has 11 nitrogen and oxygen atoms in total. The second-order valence-electron chi connectivity index (χ2n) is 12.0. The number of fused-ring (bicyclic) bond motifs is 3. The van der Waals surface area contributed by atoms with Crippen LogP contribution in [0.25, 0.3) is 22.2 Å². The molecule has 3 aliphatic heterocycles. The highest BCUT2D eigenvalue weighted by Crippen LogP contribution is 2.47. The molecular weight excluding hydrogens is 618 g/mol. The number of likely N-dealkylation sites (tertiary alicyclic amines) is 1. The van der Waals surface area contributed by atoms with Crippen LogP contribution in [-0.4, -0.2) is 83.3 Å². The largest absolute Gasteiger partial charge is 0.492 e. The first-order valence-corrected chi connectivity index (χ1v) is 15.3. The molecule has 2 atom stereocenters. The van der Waals surface area contributed by atoms with Crippen LogP contribution in [0.15, 0.2) is 24.2 Å². The first kappa shape index (κ1) is 32.1. The summed E-state index contributed by atoms with van der Waals surface area (Å²) in [6.07, 6.45) is -1.15. The first-order chi connectivity index (χ1) is 22.5. The lowest BCUT2D eigenvalue weighted by atomic mass is 9.93. The number of halogens is 4. The lowest BCUT2D eigenvalue weighted by molar-refractivity contribution is -0.137. The Morgan fingerprint density at radius 1 is 1.17 bits per heavy atom. The average molecular weight is 652 g/mol. The highest BCUT2D eigenvalue weighted by molar-refractivity contribution is 6.00. The van der Waals surface area contributed by atoms with Gasteiger partial charge in [0.15, 0.2) is 0 Å². The van der Waals surface area contributed by atoms with Crippen LogP contribution < -0.4 is 20.1 Å². The van der Waals surface area contributed by atoms with Gasteiger partial charge in [-0.15, -0.1) is 0 Å². The number of hydrogen-bond acceptors (Lipinski definition) is 11. The highest BCUT2D eigenvalue weighted by Gasteiger charge is 2.40. The van der Waals surface area contributed by atoms with Crippen molar-refractivity contribution in [3.05, 3.63) is 40.8 Å². The fourth-order valence-electron chi connectivity index (χ4n) is 6.67. The summed E-state index contributed by atoms with van der Waals surface area (Å²) >= 11 is 0. The minimum absolute atomic E-state index is 0.0322. The van der Waals surface area contributed by atoms with Crippen molar-refractivity contribution in [3.8, 4) is 35.2 Å². The van der Waals surface area contributed by atoms with Crippen LogP contribution in [0.1, 0.15) is 42.9 Å². The Balaban J connectivity index is 1.54. The SMILES string of the molecule is CC(F)=CN1CCN(c2nc(OC[C@@H]3CCCN3C)nc3cc(-c4nc(N)cc(C#N)c4C(F)(F)F)c4c(c23)OCC4)C[C@@H]1CC#N. The maximum Gasteiger partial charge on any atom is 0.419 e. The molecule has 3 aromatic rings. The Morgan fingerprint density at radius 2 is 1.98 bits per heavy atom. The van der Waals surface area contributed by atoms with Gasteiger partial charge < -0.3 is 29.9 Å². The molecule has 5 heterocycles. The zero-order chi connectivity index (χ0) is 33.5. The minimum Gasteiger partial charge on any atom is -0.492 e. The Morgan fingerprint density at radius 3 is 2.66 bits per heavy atom. The number of allylic oxidation sites excluding steroid dienone is 1. The van der Waals surface area contributed by atoms with Crippen LogP contribution in [0, 0.1) is 22.7 Å². The molecule has 0 amide bonds. The van der Waals surface area contributed by atoms with Crippen LogP contribution in [0.3, 0.4) is 0 Å². The topological polar surface area (TPSA) is 140 Å². The first-order valence-electron chi connectivity index (χ1n) is 15.3. The maximum atomic E-state index is 14.5. The van der Waals surface area contributed by atoms with Gasteiger partial charge >= 0.3 is 12.2 Å². The van der Waals surface area contributed by atoms with Gasteiger partial charge in [-0.2, -0.15) is 33.7 Å². The summed E-state index contributed by atoms with van der Waals surface area (Å²) in [6, 6.07) is 6.02. The molecule has 1 aromatic carbocycles. The molecule has 0 bridgehead atoms. The van der Waals surface area contributed by atoms with Gasteiger partial charge in [-0.05, 0) is 45.5 Å². The summed E-state index contributed by atoms with van der Waals surface area (Å²) in [7, 11) is 2.01. The van der Waals surface area contributed by atoms with Crippen LogP contribution in [0.4, 0.5) is 29.2 Å². The van der Waals surface area contributed by atoms with Crippen LogP contribution in [0.2, 0.25) is 0 Å². The number of aromatic nitrogens is 3. The number of ether oxygens (including phenoxy) is 2. The third-order valence-corrected chi connectivity index (χ3v) is 8.88. The number of pyridine rings is 1. The number of anilines is 2. The quantitative estimate of drug-likeness (QED) is 0.352. The van der Waals surface area contributed by atoms with E-state index < -0.39 is 23.0 Å². The summed E-state index contributed by atoms with van der Waals surface area (Å²) in [5.74, 6) is 0.133. The number of nitrogens with zero attached hydrogens (tertiary/aromatic N) is 8. The number of nitriles is 2. The van der Waals surface area contributed by atoms with Gasteiger partial charge in [0, 0.05) is 49.4 Å². The molecule has 2 aromatic heterocycles. The number of nitrogens with two attached hydrogens (primary N) is 1. The smallest absolute Gasteiger partial charge is 0.419 e. The number of piperazine rings is 1. The number of benzene rings is 1. The minimum atomic E-state index is -4.90. The van der Waals surface area contributed by atoms with Crippen molar-refractivity contribution in [2.75, 3.05) is 57.1 Å². The van der Waals surface area contributed by atoms with Crippen molar-refractivity contribution >= 4 is 22.5 Å². The van der Waals surface area contributed by atoms with Gasteiger partial charge in [0.05, 0.1) is 58.9 Å². The Labute approximate surface area is 268 Å². The molecule has 2 fully saturated rings. The van der Waals surface area contributed by atoms with Crippen LogP contribution in [0.5, 0.6) is 11.8 Å². The fraction of sp³-hybridized carbons (Fsp3) is 0.469. The van der Waals surface area contributed by atoms with Crippen LogP contribution >= 0.6 is 0 Å². The summed E-state index contributed by atoms with van der Waals surface area (Å²) in [6.45, 7) is 3.88. The van der Waals surface area contributed by atoms with Gasteiger partial charge in [0.2, 0.25) is 0 Å². The Hall–Kier alpha value is -4.89. The van der Waals surface area contributed by atoms with Gasteiger partial charge in [0.1, 0.15) is 29.8 Å². The number of likely N-dealkylation sites (N-methyl/N-ethyl adjacent to an activating group) is 1. The lowest BCUT2D eigenvalue weighted by Gasteiger charge is -2.41. The molecule has 15 heteroatoms. The van der Waals surface area contributed by atoms with Crippen LogP contribution in [-0.2, 0) is 12.6 Å². The molecule has 3 aliphatic rings. The molecule has 246 valence electrons. The van der Waals surface area contributed by atoms with Crippen molar-refractivity contribution in [2.24, 2.45) is 0 Å². The van der Waals surface area contributed by atoms with E-state index in [1.807, 2.05) is 11.9 Å². The molecule has 0 radical (unpaired) electrons. The predicted octanol–water partition coefficient (Wildman–Crippen LogP) is 4.81. The average Bonchev–Trinajstić information content (AvgIpc) is 3.68. The second kappa shape index (κ2) is 12.7. The van der Waals surface area contributed by atoms with E-state index in [2.05, 4.69) is 20.9 Å². The second-order valence-corrected chi connectivity index (χ2v) is 12.0. The molecule has 6 rings (SSSR count). The zero-order valence-electron chi connectivity index (χ0n) is 25.9. The number of hydrogen-bond donors (Lipinski definition) is 1. The highest BCUT2D eigenvalue weighted by atomic mass is 19.4. The number of rotatable bonds is 7. The van der Waals surface area contributed by atoms with E-state index in [0.717, 1.165) is 25.5 Å². The monoisotopic (exact) mass is 651 g/mol. The summed E-state index contributed by atoms with van der Waals surface area (Å²) in [4.78, 5) is 19.5. The van der Waals surface area contributed by atoms with Crippen molar-refractivity contribution in [3.63, 3.8) is 0 Å². The molecule has 0 unspecified atom stereocenters. The molecule has 2 saturated heterocycles. The molecule has 0 aliphatic carbocycles. The molecule has 47 heavy (non-hydrogen) atoms. The zero-order valence-corrected chi connectivity index (χ0v) is 25.9. The Kier molecular flexibility index (Phi) is 8.68. The van der Waals surface area contributed by atoms with E-state index in [0.29, 0.717) is 48.8 Å². The lowest BCUT2D eigenvalue weighted by Crippen LogP contribution is -2.51. The Bertz CT molecular complexity index is 1810. The number of alkyl halides is 3. The molecule has 0 saturated carbocycles. The van der Waals surface area contributed by atoms with Crippen molar-refractivity contribution in [2.45, 2.75) is 50.9 Å². The standard InChI is InChI=1S/C32H33F4N9O2/c1-18(33)15-44-9-10-45(16-20(44)5-7-37)30-26-24(40-31(42-30)47-17-21-4-3-8-43(21)2)13-23(22-6-11-46-29(22)26)28-27(32(34,35)36)19(14-38)12-25(39)41-28/h12-13,15,20-21H,3-6,8-11,16-17H2,1-2H3,(H2,39,41)/t20-,21-/m0/s1. The van der Waals surface area contributed by atoms with Gasteiger partial charge in [-0.3, -0.25) is 0 Å². The van der Waals surface area contributed by atoms with Crippen molar-refractivity contribution < 1.29 is 27.0 Å². The van der Waals surface area contributed by atoms with Crippen molar-refractivity contribution in [1.82, 2.24) is 24.8 Å². The van der Waals surface area contributed by atoms with Gasteiger partial charge in [-0.1, -0.05) is 0 Å². The van der Waals surface area contributed by atoms with E-state index in [1.165, 1.54) is 19.2 Å². The summed E-state index contributed by atoms with van der Waals surface area (Å²) in [5.41, 5.74) is 4.41.